The number of aryl methyl sites for hydroxylation is 1. The van der Waals surface area contributed by atoms with Crippen LogP contribution in [0.15, 0.2) is 18.2 Å². The number of guanidine groups is 1. The molecule has 0 spiro atoms. The molecule has 1 aromatic rings. The van der Waals surface area contributed by atoms with Crippen molar-refractivity contribution in [1.82, 2.24) is 4.90 Å². The Morgan fingerprint density at radius 3 is 2.53 bits per heavy atom. The number of hydrogen-bond acceptors (Lipinski definition) is 2. The quantitative estimate of drug-likeness (QED) is 0.661. The molecule has 0 aromatic heterocycles. The number of nitrogens with zero attached hydrogens (tertiary/aromatic N) is 2. The van der Waals surface area contributed by atoms with Crippen molar-refractivity contribution in [3.8, 4) is 0 Å². The van der Waals surface area contributed by atoms with Crippen molar-refractivity contribution in [2.75, 3.05) is 18.5 Å². The first-order valence-corrected chi connectivity index (χ1v) is 6.48. The zero-order chi connectivity index (χ0) is 14.6. The van der Waals surface area contributed by atoms with E-state index < -0.39 is 0 Å². The number of halogens is 1. The normalized spacial score (nSPS) is 10.1. The monoisotopic (exact) mass is 282 g/mol. The second-order valence-electron chi connectivity index (χ2n) is 4.07. The highest BCUT2D eigenvalue weighted by Crippen LogP contribution is 2.30. The highest BCUT2D eigenvalue weighted by atomic mass is 35.5. The van der Waals surface area contributed by atoms with Gasteiger partial charge in [0.05, 0.1) is 10.7 Å². The van der Waals surface area contributed by atoms with Gasteiger partial charge >= 0.3 is 6.03 Å². The van der Waals surface area contributed by atoms with E-state index in [1.807, 2.05) is 26.0 Å². The standard InChI is InChI=1S/C13H19ClN4O/c1-4-9-7-6-8-10(14)11(9)18(5-2)13(19)17(3)12(15)16/h6-8H,4-5H2,1-3H3,(H3,15,16). The third kappa shape index (κ3) is 3.17. The average molecular weight is 283 g/mol. The first-order chi connectivity index (χ1) is 8.93. The summed E-state index contributed by atoms with van der Waals surface area (Å²) in [6, 6.07) is 5.18. The van der Waals surface area contributed by atoms with Gasteiger partial charge in [-0.2, -0.15) is 0 Å². The Labute approximate surface area is 118 Å². The van der Waals surface area contributed by atoms with Gasteiger partial charge in [0.15, 0.2) is 5.96 Å². The van der Waals surface area contributed by atoms with Gasteiger partial charge in [0.25, 0.3) is 0 Å². The first kappa shape index (κ1) is 15.3. The van der Waals surface area contributed by atoms with E-state index in [1.54, 1.807) is 6.07 Å². The number of anilines is 1. The fourth-order valence-electron chi connectivity index (χ4n) is 1.82. The molecule has 0 radical (unpaired) electrons. The lowest BCUT2D eigenvalue weighted by molar-refractivity contribution is 0.232. The zero-order valence-electron chi connectivity index (χ0n) is 11.4. The van der Waals surface area contributed by atoms with Crippen LogP contribution in [0.1, 0.15) is 19.4 Å². The molecule has 0 saturated carbocycles. The zero-order valence-corrected chi connectivity index (χ0v) is 12.2. The van der Waals surface area contributed by atoms with Gasteiger partial charge < -0.3 is 5.73 Å². The molecular formula is C13H19ClN4O. The van der Waals surface area contributed by atoms with Crippen molar-refractivity contribution in [3.05, 3.63) is 28.8 Å². The number of nitrogens with one attached hydrogen (secondary N) is 1. The van der Waals surface area contributed by atoms with Gasteiger partial charge in [-0.05, 0) is 25.0 Å². The molecule has 5 nitrogen and oxygen atoms in total. The molecule has 19 heavy (non-hydrogen) atoms. The Morgan fingerprint density at radius 2 is 2.05 bits per heavy atom. The predicted octanol–water partition coefficient (Wildman–Crippen LogP) is 2.67. The summed E-state index contributed by atoms with van der Waals surface area (Å²) in [6.45, 7) is 4.31. The lowest BCUT2D eigenvalue weighted by Crippen LogP contribution is -2.47. The number of benzene rings is 1. The minimum absolute atomic E-state index is 0.298. The van der Waals surface area contributed by atoms with Crippen LogP contribution in [0.4, 0.5) is 10.5 Å². The smallest absolute Gasteiger partial charge is 0.331 e. The average Bonchev–Trinajstić information content (AvgIpc) is 2.39. The Morgan fingerprint density at radius 1 is 1.42 bits per heavy atom. The third-order valence-electron chi connectivity index (χ3n) is 2.92. The van der Waals surface area contributed by atoms with Crippen LogP contribution in [0.25, 0.3) is 0 Å². The molecule has 0 heterocycles. The van der Waals surface area contributed by atoms with Crippen molar-refractivity contribution in [2.45, 2.75) is 20.3 Å². The number of nitrogens with two attached hydrogens (primary N) is 1. The van der Waals surface area contributed by atoms with Gasteiger partial charge in [0, 0.05) is 13.6 Å². The van der Waals surface area contributed by atoms with Gasteiger partial charge in [-0.25, -0.2) is 4.79 Å². The predicted molar refractivity (Wildman–Crippen MR) is 78.9 cm³/mol. The van der Waals surface area contributed by atoms with Crippen molar-refractivity contribution in [2.24, 2.45) is 5.73 Å². The number of carbonyl (C=O) groups excluding carboxylic acids is 1. The fourth-order valence-corrected chi connectivity index (χ4v) is 2.12. The van der Waals surface area contributed by atoms with E-state index in [2.05, 4.69) is 0 Å². The summed E-state index contributed by atoms with van der Waals surface area (Å²) in [5.41, 5.74) is 7.02. The number of para-hydroxylation sites is 1. The van der Waals surface area contributed by atoms with E-state index in [0.29, 0.717) is 17.3 Å². The van der Waals surface area contributed by atoms with Crippen LogP contribution in [0, 0.1) is 5.41 Å². The molecule has 2 amide bonds. The van der Waals surface area contributed by atoms with E-state index in [9.17, 15) is 4.79 Å². The van der Waals surface area contributed by atoms with Crippen molar-refractivity contribution >= 4 is 29.3 Å². The van der Waals surface area contributed by atoms with Crippen molar-refractivity contribution in [1.29, 1.82) is 5.41 Å². The molecule has 0 saturated heterocycles. The molecule has 3 N–H and O–H groups in total. The summed E-state index contributed by atoms with van der Waals surface area (Å²) >= 11 is 6.21. The molecule has 1 rings (SSSR count). The summed E-state index contributed by atoms with van der Waals surface area (Å²) in [5, 5.41) is 7.86. The maximum atomic E-state index is 12.3. The Hall–Kier alpha value is -1.75. The molecule has 6 heteroatoms. The molecule has 0 aliphatic heterocycles. The lowest BCUT2D eigenvalue weighted by Gasteiger charge is -2.28. The van der Waals surface area contributed by atoms with Crippen LogP contribution in [0.3, 0.4) is 0 Å². The number of carbonyl (C=O) groups is 1. The van der Waals surface area contributed by atoms with E-state index in [-0.39, 0.29) is 12.0 Å². The molecule has 0 unspecified atom stereocenters. The second kappa shape index (κ2) is 6.43. The van der Waals surface area contributed by atoms with Crippen LogP contribution in [-0.4, -0.2) is 30.5 Å². The second-order valence-corrected chi connectivity index (χ2v) is 4.48. The molecule has 0 fully saturated rings. The van der Waals surface area contributed by atoms with Gasteiger partial charge in [0.2, 0.25) is 0 Å². The Balaban J connectivity index is 3.24. The summed E-state index contributed by atoms with van der Waals surface area (Å²) in [5.74, 6) is -0.298. The van der Waals surface area contributed by atoms with Crippen LogP contribution >= 0.6 is 11.6 Å². The van der Waals surface area contributed by atoms with E-state index >= 15 is 0 Å². The fraction of sp³-hybridized carbons (Fsp3) is 0.385. The molecule has 104 valence electrons. The topological polar surface area (TPSA) is 73.4 Å². The summed E-state index contributed by atoms with van der Waals surface area (Å²) in [7, 11) is 1.47. The number of urea groups is 1. The van der Waals surface area contributed by atoms with Crippen LogP contribution in [0.2, 0.25) is 5.02 Å². The van der Waals surface area contributed by atoms with Crippen molar-refractivity contribution in [3.63, 3.8) is 0 Å². The maximum Gasteiger partial charge on any atom is 0.331 e. The summed E-state index contributed by atoms with van der Waals surface area (Å²) < 4.78 is 0. The Bertz CT molecular complexity index is 490. The minimum Gasteiger partial charge on any atom is -0.370 e. The van der Waals surface area contributed by atoms with Gasteiger partial charge in [-0.15, -0.1) is 0 Å². The Kier molecular flexibility index (Phi) is 5.18. The van der Waals surface area contributed by atoms with Gasteiger partial charge in [-0.3, -0.25) is 15.2 Å². The molecule has 0 aliphatic rings. The lowest BCUT2D eigenvalue weighted by atomic mass is 10.1. The van der Waals surface area contributed by atoms with Gasteiger partial charge in [-0.1, -0.05) is 30.7 Å². The summed E-state index contributed by atoms with van der Waals surface area (Å²) in [6.07, 6.45) is 0.767. The molecular weight excluding hydrogens is 264 g/mol. The highest BCUT2D eigenvalue weighted by Gasteiger charge is 2.23. The number of amides is 2. The first-order valence-electron chi connectivity index (χ1n) is 6.10. The maximum absolute atomic E-state index is 12.3. The third-order valence-corrected chi connectivity index (χ3v) is 3.22. The molecule has 0 atom stereocenters. The molecule has 1 aromatic carbocycles. The SMILES string of the molecule is CCc1cccc(Cl)c1N(CC)C(=O)N(C)C(=N)N. The van der Waals surface area contributed by atoms with Crippen LogP contribution in [0.5, 0.6) is 0 Å². The minimum atomic E-state index is -0.363. The number of hydrogen-bond donors (Lipinski definition) is 2. The molecule has 0 bridgehead atoms. The number of rotatable bonds is 3. The van der Waals surface area contributed by atoms with Crippen LogP contribution < -0.4 is 10.6 Å². The van der Waals surface area contributed by atoms with E-state index in [0.717, 1.165) is 16.9 Å². The van der Waals surface area contributed by atoms with E-state index in [1.165, 1.54) is 11.9 Å². The van der Waals surface area contributed by atoms with Crippen LogP contribution in [-0.2, 0) is 6.42 Å². The van der Waals surface area contributed by atoms with E-state index in [4.69, 9.17) is 22.7 Å². The van der Waals surface area contributed by atoms with Gasteiger partial charge in [0.1, 0.15) is 0 Å². The summed E-state index contributed by atoms with van der Waals surface area (Å²) in [4.78, 5) is 14.9. The van der Waals surface area contributed by atoms with Crippen molar-refractivity contribution < 1.29 is 4.79 Å². The largest absolute Gasteiger partial charge is 0.370 e. The molecule has 0 aliphatic carbocycles. The highest BCUT2D eigenvalue weighted by molar-refractivity contribution is 6.34.